The summed E-state index contributed by atoms with van der Waals surface area (Å²) < 4.78 is 0. The van der Waals surface area contributed by atoms with Gasteiger partial charge in [-0.2, -0.15) is 0 Å². The lowest BCUT2D eigenvalue weighted by Crippen LogP contribution is -2.44. The summed E-state index contributed by atoms with van der Waals surface area (Å²) in [6.45, 7) is 6.75. The van der Waals surface area contributed by atoms with Crippen LogP contribution in [0, 0.1) is 5.92 Å². The molecule has 0 saturated carbocycles. The Kier molecular flexibility index (Phi) is 6.57. The van der Waals surface area contributed by atoms with Crippen molar-refractivity contribution in [1.82, 2.24) is 10.2 Å². The number of hydrogen-bond acceptors (Lipinski definition) is 3. The molecule has 1 rings (SSSR count). The molecule has 1 aliphatic rings. The highest BCUT2D eigenvalue weighted by Crippen LogP contribution is 2.21. The maximum Gasteiger partial charge on any atom is 0.216 e. The number of rotatable bonds is 6. The minimum absolute atomic E-state index is 0.0670. The van der Waals surface area contributed by atoms with Crippen LogP contribution in [0.25, 0.3) is 0 Å². The van der Waals surface area contributed by atoms with Crippen molar-refractivity contribution in [2.24, 2.45) is 11.7 Å². The Morgan fingerprint density at radius 2 is 2.11 bits per heavy atom. The topological polar surface area (TPSA) is 58.4 Å². The van der Waals surface area contributed by atoms with Crippen molar-refractivity contribution >= 4 is 23.1 Å². The van der Waals surface area contributed by atoms with E-state index < -0.39 is 0 Å². The first-order chi connectivity index (χ1) is 8.52. The summed E-state index contributed by atoms with van der Waals surface area (Å²) in [6.07, 6.45) is 4.21. The number of hydrogen-bond donors (Lipinski definition) is 2. The molecule has 1 saturated heterocycles. The number of piperidine rings is 1. The van der Waals surface area contributed by atoms with Crippen LogP contribution in [-0.2, 0) is 4.79 Å². The van der Waals surface area contributed by atoms with Crippen molar-refractivity contribution in [3.8, 4) is 0 Å². The van der Waals surface area contributed by atoms with Gasteiger partial charge in [0.1, 0.15) is 0 Å². The lowest BCUT2D eigenvalue weighted by atomic mass is 9.94. The number of carbonyl (C=O) groups is 1. The van der Waals surface area contributed by atoms with Gasteiger partial charge in [-0.3, -0.25) is 9.69 Å². The fourth-order valence-corrected chi connectivity index (χ4v) is 2.77. The number of carbonyl (C=O) groups excluding carboxylic acids is 1. The summed E-state index contributed by atoms with van der Waals surface area (Å²) in [6, 6.07) is 0.490. The largest absolute Gasteiger partial charge is 0.393 e. The summed E-state index contributed by atoms with van der Waals surface area (Å²) in [5.74, 6) is 0.685. The average molecular weight is 271 g/mol. The molecule has 18 heavy (non-hydrogen) atoms. The number of nitrogens with two attached hydrogens (primary N) is 1. The van der Waals surface area contributed by atoms with Gasteiger partial charge in [-0.05, 0) is 38.3 Å². The second-order valence-electron chi connectivity index (χ2n) is 5.15. The number of nitrogens with one attached hydrogen (secondary N) is 1. The number of nitrogens with zero attached hydrogens (tertiary/aromatic N) is 1. The van der Waals surface area contributed by atoms with E-state index in [0.717, 1.165) is 45.3 Å². The highest BCUT2D eigenvalue weighted by atomic mass is 32.1. The molecular weight excluding hydrogens is 246 g/mol. The molecule has 1 amide bonds. The fourth-order valence-electron chi connectivity index (χ4n) is 2.57. The monoisotopic (exact) mass is 271 g/mol. The van der Waals surface area contributed by atoms with Crippen LogP contribution in [0.4, 0.5) is 0 Å². The molecule has 3 N–H and O–H groups in total. The summed E-state index contributed by atoms with van der Waals surface area (Å²) in [7, 11) is 0. The van der Waals surface area contributed by atoms with E-state index in [2.05, 4.69) is 17.1 Å². The van der Waals surface area contributed by atoms with Gasteiger partial charge in [0.15, 0.2) is 0 Å². The predicted octanol–water partition coefficient (Wildman–Crippen LogP) is 1.29. The highest BCUT2D eigenvalue weighted by Gasteiger charge is 2.24. The number of likely N-dealkylation sites (tertiary alicyclic amines) is 1. The Hall–Kier alpha value is -0.680. The van der Waals surface area contributed by atoms with Crippen LogP contribution in [0.3, 0.4) is 0 Å². The molecule has 1 fully saturated rings. The molecule has 0 bridgehead atoms. The smallest absolute Gasteiger partial charge is 0.216 e. The van der Waals surface area contributed by atoms with Gasteiger partial charge in [0, 0.05) is 25.9 Å². The lowest BCUT2D eigenvalue weighted by molar-refractivity contribution is -0.119. The quantitative estimate of drug-likeness (QED) is 0.715. The van der Waals surface area contributed by atoms with Crippen LogP contribution in [0.15, 0.2) is 0 Å². The van der Waals surface area contributed by atoms with Gasteiger partial charge < -0.3 is 11.1 Å². The molecule has 0 aliphatic carbocycles. The molecule has 0 aromatic rings. The third-order valence-electron chi connectivity index (χ3n) is 3.71. The summed E-state index contributed by atoms with van der Waals surface area (Å²) in [5.41, 5.74) is 5.64. The Morgan fingerprint density at radius 3 is 2.56 bits per heavy atom. The zero-order valence-corrected chi connectivity index (χ0v) is 12.3. The van der Waals surface area contributed by atoms with Crippen LogP contribution >= 0.6 is 12.2 Å². The Balaban J connectivity index is 2.33. The van der Waals surface area contributed by atoms with Crippen molar-refractivity contribution in [3.63, 3.8) is 0 Å². The van der Waals surface area contributed by atoms with Crippen LogP contribution in [0.1, 0.15) is 39.5 Å². The zero-order valence-electron chi connectivity index (χ0n) is 11.4. The van der Waals surface area contributed by atoms with Gasteiger partial charge in [0.25, 0.3) is 0 Å². The van der Waals surface area contributed by atoms with Crippen molar-refractivity contribution in [2.45, 2.75) is 45.6 Å². The van der Waals surface area contributed by atoms with Crippen LogP contribution in [-0.4, -0.2) is 41.5 Å². The molecule has 1 unspecified atom stereocenters. The molecule has 0 aromatic carbocycles. The number of amides is 1. The third-order valence-corrected chi connectivity index (χ3v) is 3.88. The maximum absolute atomic E-state index is 10.9. The molecule has 104 valence electrons. The van der Waals surface area contributed by atoms with Crippen LogP contribution in [0.2, 0.25) is 0 Å². The molecule has 0 aromatic heterocycles. The van der Waals surface area contributed by atoms with Crippen molar-refractivity contribution in [3.05, 3.63) is 0 Å². The third kappa shape index (κ3) is 5.31. The first kappa shape index (κ1) is 15.4. The van der Waals surface area contributed by atoms with E-state index >= 15 is 0 Å². The van der Waals surface area contributed by atoms with Crippen molar-refractivity contribution in [2.75, 3.05) is 19.6 Å². The molecule has 1 heterocycles. The molecule has 5 heteroatoms. The summed E-state index contributed by atoms with van der Waals surface area (Å²) in [4.78, 5) is 14.0. The first-order valence-corrected chi connectivity index (χ1v) is 7.20. The Labute approximate surface area is 115 Å². The van der Waals surface area contributed by atoms with E-state index in [0.29, 0.717) is 16.9 Å². The average Bonchev–Trinajstić information content (AvgIpc) is 2.34. The van der Waals surface area contributed by atoms with Gasteiger partial charge in [-0.15, -0.1) is 0 Å². The maximum atomic E-state index is 10.9. The molecule has 1 atom stereocenters. The van der Waals surface area contributed by atoms with E-state index in [1.807, 2.05) is 0 Å². The first-order valence-electron chi connectivity index (χ1n) is 6.79. The van der Waals surface area contributed by atoms with Crippen LogP contribution in [0.5, 0.6) is 0 Å². The molecule has 1 aliphatic heterocycles. The summed E-state index contributed by atoms with van der Waals surface area (Å²) >= 11 is 5.00. The van der Waals surface area contributed by atoms with E-state index in [-0.39, 0.29) is 5.91 Å². The normalized spacial score (nSPS) is 19.4. The minimum Gasteiger partial charge on any atom is -0.393 e. The van der Waals surface area contributed by atoms with Crippen molar-refractivity contribution in [1.29, 1.82) is 0 Å². The van der Waals surface area contributed by atoms with Crippen LogP contribution < -0.4 is 11.1 Å². The predicted molar refractivity (Wildman–Crippen MR) is 78.5 cm³/mol. The van der Waals surface area contributed by atoms with Gasteiger partial charge in [0.2, 0.25) is 5.91 Å². The van der Waals surface area contributed by atoms with Crippen molar-refractivity contribution < 1.29 is 4.79 Å². The SMILES string of the molecule is CCC(CC(N)=S)N1CCC(CNC(C)=O)CC1. The fraction of sp³-hybridized carbons (Fsp3) is 0.846. The van der Waals surface area contributed by atoms with E-state index in [1.165, 1.54) is 0 Å². The molecule has 0 radical (unpaired) electrons. The van der Waals surface area contributed by atoms with Gasteiger partial charge in [0.05, 0.1) is 4.99 Å². The lowest BCUT2D eigenvalue weighted by Gasteiger charge is -2.37. The Morgan fingerprint density at radius 1 is 1.50 bits per heavy atom. The standard InChI is InChI=1S/C13H25N3OS/c1-3-12(8-13(14)18)16-6-4-11(5-7-16)9-15-10(2)17/h11-12H,3-9H2,1-2H3,(H2,14,18)(H,15,17). The zero-order chi connectivity index (χ0) is 13.5. The van der Waals surface area contributed by atoms with Gasteiger partial charge in [-0.1, -0.05) is 19.1 Å². The highest BCUT2D eigenvalue weighted by molar-refractivity contribution is 7.80. The second kappa shape index (κ2) is 7.69. The Bertz CT molecular complexity index is 288. The minimum atomic E-state index is 0.0670. The van der Waals surface area contributed by atoms with Gasteiger partial charge >= 0.3 is 0 Å². The van der Waals surface area contributed by atoms with E-state index in [9.17, 15) is 4.79 Å². The number of thiocarbonyl (C=S) groups is 1. The molecular formula is C13H25N3OS. The van der Waals surface area contributed by atoms with E-state index in [4.69, 9.17) is 18.0 Å². The van der Waals surface area contributed by atoms with Gasteiger partial charge in [-0.25, -0.2) is 0 Å². The molecule has 0 spiro atoms. The second-order valence-corrected chi connectivity index (χ2v) is 5.67. The van der Waals surface area contributed by atoms with E-state index in [1.54, 1.807) is 6.92 Å². The summed E-state index contributed by atoms with van der Waals surface area (Å²) in [5, 5.41) is 2.91. The molecule has 4 nitrogen and oxygen atoms in total.